The zero-order chi connectivity index (χ0) is 11.3. The van der Waals surface area contributed by atoms with Crippen LogP contribution in [-0.4, -0.2) is 28.7 Å². The Morgan fingerprint density at radius 1 is 1.33 bits per heavy atom. The van der Waals surface area contributed by atoms with Crippen molar-refractivity contribution < 1.29 is 5.11 Å². The predicted octanol–water partition coefficient (Wildman–Crippen LogP) is 1.45. The second kappa shape index (κ2) is 5.66. The van der Waals surface area contributed by atoms with Crippen LogP contribution < -0.4 is 4.90 Å². The summed E-state index contributed by atoms with van der Waals surface area (Å²) in [6.45, 7) is 5.33. The van der Waals surface area contributed by atoms with Gasteiger partial charge in [0.15, 0.2) is 0 Å². The summed E-state index contributed by atoms with van der Waals surface area (Å²) in [5.74, 6) is 1.55. The minimum Gasteiger partial charge on any atom is -0.390 e. The number of hydrogen-bond donors (Lipinski definition) is 1. The van der Waals surface area contributed by atoms with Crippen molar-refractivity contribution in [1.29, 1.82) is 0 Å². The van der Waals surface area contributed by atoms with Crippen LogP contribution in [0.15, 0.2) is 12.4 Å². The first-order valence-electron chi connectivity index (χ1n) is 5.26. The van der Waals surface area contributed by atoms with E-state index in [1.165, 1.54) is 0 Å². The molecule has 0 aliphatic carbocycles. The molecule has 0 unspecified atom stereocenters. The Morgan fingerprint density at radius 2 is 2.07 bits per heavy atom. The number of anilines is 1. The lowest BCUT2D eigenvalue weighted by atomic mass is 10.1. The van der Waals surface area contributed by atoms with Crippen LogP contribution in [-0.2, 0) is 6.61 Å². The minimum absolute atomic E-state index is 0.0526. The van der Waals surface area contributed by atoms with Gasteiger partial charge in [-0.1, -0.05) is 13.8 Å². The van der Waals surface area contributed by atoms with Crippen LogP contribution >= 0.6 is 0 Å². The summed E-state index contributed by atoms with van der Waals surface area (Å²) in [5, 5.41) is 8.83. The van der Waals surface area contributed by atoms with Gasteiger partial charge in [0, 0.05) is 13.6 Å². The van der Waals surface area contributed by atoms with Crippen molar-refractivity contribution in [3.8, 4) is 0 Å². The fraction of sp³-hybridized carbons (Fsp3) is 0.636. The molecule has 0 atom stereocenters. The molecule has 0 saturated heterocycles. The lowest BCUT2D eigenvalue weighted by molar-refractivity contribution is 0.276. The Hall–Kier alpha value is -1.16. The summed E-state index contributed by atoms with van der Waals surface area (Å²) in [4.78, 5) is 10.4. The van der Waals surface area contributed by atoms with Crippen molar-refractivity contribution in [2.45, 2.75) is 26.9 Å². The molecule has 0 amide bonds. The smallest absolute Gasteiger partial charge is 0.146 e. The lowest BCUT2D eigenvalue weighted by Gasteiger charge is -2.18. The molecule has 1 aromatic heterocycles. The summed E-state index contributed by atoms with van der Waals surface area (Å²) in [7, 11) is 2.00. The van der Waals surface area contributed by atoms with Crippen molar-refractivity contribution in [2.75, 3.05) is 18.5 Å². The topological polar surface area (TPSA) is 49.2 Å². The third-order valence-electron chi connectivity index (χ3n) is 2.29. The highest BCUT2D eigenvalue weighted by Crippen LogP contribution is 2.09. The average molecular weight is 209 g/mol. The third-order valence-corrected chi connectivity index (χ3v) is 2.29. The number of hydrogen-bond acceptors (Lipinski definition) is 4. The van der Waals surface area contributed by atoms with Crippen molar-refractivity contribution >= 4 is 5.82 Å². The maximum Gasteiger partial charge on any atom is 0.146 e. The molecule has 0 bridgehead atoms. The van der Waals surface area contributed by atoms with Gasteiger partial charge in [0.25, 0.3) is 0 Å². The van der Waals surface area contributed by atoms with Gasteiger partial charge in [-0.05, 0) is 12.3 Å². The number of rotatable bonds is 5. The summed E-state index contributed by atoms with van der Waals surface area (Å²) in [6.07, 6.45) is 4.45. The van der Waals surface area contributed by atoms with Crippen LogP contribution in [0.3, 0.4) is 0 Å². The Labute approximate surface area is 91.0 Å². The Kier molecular flexibility index (Phi) is 4.49. The van der Waals surface area contributed by atoms with E-state index >= 15 is 0 Å². The van der Waals surface area contributed by atoms with Crippen molar-refractivity contribution in [2.24, 2.45) is 5.92 Å². The molecule has 0 fully saturated rings. The zero-order valence-electron chi connectivity index (χ0n) is 9.64. The van der Waals surface area contributed by atoms with Crippen molar-refractivity contribution in [1.82, 2.24) is 9.97 Å². The Bertz CT molecular complexity index is 284. The molecule has 0 radical (unpaired) electrons. The van der Waals surface area contributed by atoms with E-state index in [1.807, 2.05) is 7.05 Å². The molecule has 4 heteroatoms. The van der Waals surface area contributed by atoms with E-state index in [0.717, 1.165) is 18.8 Å². The number of nitrogens with zero attached hydrogens (tertiary/aromatic N) is 3. The molecule has 1 heterocycles. The summed E-state index contributed by atoms with van der Waals surface area (Å²) in [6, 6.07) is 0. The molecule has 4 nitrogen and oxygen atoms in total. The van der Waals surface area contributed by atoms with Crippen LogP contribution in [0.2, 0.25) is 0 Å². The maximum atomic E-state index is 8.83. The van der Waals surface area contributed by atoms with Crippen LogP contribution in [0.4, 0.5) is 5.82 Å². The van der Waals surface area contributed by atoms with Crippen LogP contribution in [0, 0.1) is 5.92 Å². The van der Waals surface area contributed by atoms with E-state index < -0.39 is 0 Å². The zero-order valence-corrected chi connectivity index (χ0v) is 9.64. The average Bonchev–Trinajstić information content (AvgIpc) is 2.26. The van der Waals surface area contributed by atoms with Gasteiger partial charge < -0.3 is 10.0 Å². The largest absolute Gasteiger partial charge is 0.390 e. The highest BCUT2D eigenvalue weighted by atomic mass is 16.3. The van der Waals surface area contributed by atoms with E-state index in [2.05, 4.69) is 28.7 Å². The van der Waals surface area contributed by atoms with Crippen LogP contribution in [0.25, 0.3) is 0 Å². The minimum atomic E-state index is -0.0526. The molecular formula is C11H19N3O. The highest BCUT2D eigenvalue weighted by Gasteiger charge is 2.04. The summed E-state index contributed by atoms with van der Waals surface area (Å²) >= 11 is 0. The van der Waals surface area contributed by atoms with Gasteiger partial charge in [-0.3, -0.25) is 4.98 Å². The molecule has 84 valence electrons. The quantitative estimate of drug-likeness (QED) is 0.797. The third kappa shape index (κ3) is 3.83. The lowest BCUT2D eigenvalue weighted by Crippen LogP contribution is -2.21. The molecule has 0 aromatic carbocycles. The monoisotopic (exact) mass is 209 g/mol. The van der Waals surface area contributed by atoms with E-state index in [1.54, 1.807) is 12.4 Å². The van der Waals surface area contributed by atoms with Crippen LogP contribution in [0.5, 0.6) is 0 Å². The normalized spacial score (nSPS) is 10.7. The molecular weight excluding hydrogens is 190 g/mol. The highest BCUT2D eigenvalue weighted by molar-refractivity contribution is 5.34. The molecule has 0 aliphatic heterocycles. The first kappa shape index (κ1) is 11.9. The Morgan fingerprint density at radius 3 is 2.53 bits per heavy atom. The maximum absolute atomic E-state index is 8.83. The van der Waals surface area contributed by atoms with E-state index in [9.17, 15) is 0 Å². The van der Waals surface area contributed by atoms with Gasteiger partial charge in [0.05, 0.1) is 24.7 Å². The van der Waals surface area contributed by atoms with Gasteiger partial charge >= 0.3 is 0 Å². The fourth-order valence-electron chi connectivity index (χ4n) is 1.19. The predicted molar refractivity (Wildman–Crippen MR) is 60.7 cm³/mol. The molecule has 1 N–H and O–H groups in total. The number of aliphatic hydroxyl groups is 1. The number of aliphatic hydroxyl groups excluding tert-OH is 1. The van der Waals surface area contributed by atoms with Gasteiger partial charge in [0.1, 0.15) is 5.82 Å². The molecule has 0 aliphatic rings. The molecule has 1 rings (SSSR count). The first-order valence-corrected chi connectivity index (χ1v) is 5.26. The molecule has 15 heavy (non-hydrogen) atoms. The summed E-state index contributed by atoms with van der Waals surface area (Å²) < 4.78 is 0. The Balaban J connectivity index is 2.54. The van der Waals surface area contributed by atoms with Crippen molar-refractivity contribution in [3.63, 3.8) is 0 Å². The second-order valence-corrected chi connectivity index (χ2v) is 4.13. The van der Waals surface area contributed by atoms with E-state index in [0.29, 0.717) is 11.6 Å². The van der Waals surface area contributed by atoms with E-state index in [4.69, 9.17) is 5.11 Å². The second-order valence-electron chi connectivity index (χ2n) is 4.13. The number of aromatic nitrogens is 2. The van der Waals surface area contributed by atoms with E-state index in [-0.39, 0.29) is 6.61 Å². The first-order chi connectivity index (χ1) is 7.13. The van der Waals surface area contributed by atoms with Crippen LogP contribution in [0.1, 0.15) is 26.0 Å². The van der Waals surface area contributed by atoms with Gasteiger partial charge in [0.2, 0.25) is 0 Å². The van der Waals surface area contributed by atoms with Gasteiger partial charge in [-0.25, -0.2) is 4.98 Å². The summed E-state index contributed by atoms with van der Waals surface area (Å²) in [5.41, 5.74) is 0.607. The van der Waals surface area contributed by atoms with Gasteiger partial charge in [-0.15, -0.1) is 0 Å². The fourth-order valence-corrected chi connectivity index (χ4v) is 1.19. The molecule has 1 aromatic rings. The molecule has 0 saturated carbocycles. The molecule has 0 spiro atoms. The SMILES string of the molecule is CC(C)CCN(C)c1cnc(CO)cn1. The van der Waals surface area contributed by atoms with Gasteiger partial charge in [-0.2, -0.15) is 0 Å². The standard InChI is InChI=1S/C11H19N3O/c1-9(2)4-5-14(3)11-7-12-10(8-15)6-13-11/h6-7,9,15H,4-5,8H2,1-3H3. The van der Waals surface area contributed by atoms with Crippen molar-refractivity contribution in [3.05, 3.63) is 18.1 Å².